The van der Waals surface area contributed by atoms with Gasteiger partial charge < -0.3 is 9.13 Å². The number of nitrogens with zero attached hydrogens (tertiary/aromatic N) is 2. The van der Waals surface area contributed by atoms with Crippen LogP contribution in [0.25, 0.3) is 33.2 Å². The maximum absolute atomic E-state index is 2.71. The first kappa shape index (κ1) is 34.9. The molecule has 7 aromatic rings. The van der Waals surface area contributed by atoms with Gasteiger partial charge in [0, 0.05) is 33.5 Å². The average Bonchev–Trinajstić information content (AvgIpc) is 3.73. The zero-order valence-corrected chi connectivity index (χ0v) is 36.6. The highest BCUT2D eigenvalue weighted by Gasteiger charge is 2.51. The summed E-state index contributed by atoms with van der Waals surface area (Å²) in [7, 11) is -4.28. The van der Waals surface area contributed by atoms with Gasteiger partial charge in [-0.3, -0.25) is 0 Å². The second-order valence-electron chi connectivity index (χ2n) is 19.5. The van der Waals surface area contributed by atoms with E-state index >= 15 is 0 Å². The van der Waals surface area contributed by atoms with Crippen LogP contribution in [0.1, 0.15) is 81.5 Å². The van der Waals surface area contributed by atoms with E-state index in [-0.39, 0.29) is 12.1 Å². The van der Waals surface area contributed by atoms with Crippen molar-refractivity contribution in [2.75, 3.05) is 0 Å². The highest BCUT2D eigenvalue weighted by Crippen LogP contribution is 2.37. The van der Waals surface area contributed by atoms with E-state index in [1.807, 2.05) is 0 Å². The lowest BCUT2D eigenvalue weighted by atomic mass is 9.36. The predicted molar refractivity (Wildman–Crippen MR) is 248 cm³/mol. The monoisotopic (exact) mass is 762 g/mol. The molecule has 2 nitrogen and oxygen atoms in total. The summed E-state index contributed by atoms with van der Waals surface area (Å²) >= 11 is 0. The smallest absolute Gasteiger partial charge is 0.240 e. The molecule has 280 valence electrons. The van der Waals surface area contributed by atoms with E-state index in [1.165, 1.54) is 96.2 Å². The second-order valence-corrected chi connectivity index (χ2v) is 28.3. The number of fused-ring (bicyclic) bond motifs is 10. The van der Waals surface area contributed by atoms with Gasteiger partial charge in [0.1, 0.15) is 16.1 Å². The lowest BCUT2D eigenvalue weighted by molar-refractivity contribution is 0.591. The molecule has 2 aliphatic carbocycles. The van der Waals surface area contributed by atoms with Gasteiger partial charge >= 0.3 is 0 Å². The highest BCUT2D eigenvalue weighted by atomic mass is 28.3. The van der Waals surface area contributed by atoms with Gasteiger partial charge in [0.25, 0.3) is 0 Å². The molecule has 4 aliphatic rings. The van der Waals surface area contributed by atoms with Crippen molar-refractivity contribution in [2.45, 2.75) is 110 Å². The molecule has 0 saturated carbocycles. The first-order valence-corrected chi connectivity index (χ1v) is 27.4. The Kier molecular flexibility index (Phi) is 7.54. The van der Waals surface area contributed by atoms with Gasteiger partial charge in [-0.1, -0.05) is 151 Å². The van der Waals surface area contributed by atoms with Crippen molar-refractivity contribution in [1.82, 2.24) is 9.13 Å². The largest absolute Gasteiger partial charge is 0.313 e. The SMILES string of the molecule is CC[Si]1(C)c2cc(-n3c4c(c5ccccc53)CCCC4)ccc2B2c3ccc(-n4c5c(c6ccccc64)CCCC5)cc3[Si](C)(C)c3cc(C(C)(C)C)cc1c32. The Bertz CT molecular complexity index is 2790. The van der Waals surface area contributed by atoms with Gasteiger partial charge in [0.15, 0.2) is 0 Å². The summed E-state index contributed by atoms with van der Waals surface area (Å²) in [5.41, 5.74) is 18.2. The Hall–Kier alpha value is -4.32. The van der Waals surface area contributed by atoms with Crippen molar-refractivity contribution < 1.29 is 0 Å². The van der Waals surface area contributed by atoms with Crippen molar-refractivity contribution >= 4 is 81.8 Å². The normalized spacial score (nSPS) is 19.4. The van der Waals surface area contributed by atoms with Crippen LogP contribution in [0, 0.1) is 0 Å². The van der Waals surface area contributed by atoms with E-state index < -0.39 is 16.1 Å². The maximum Gasteiger partial charge on any atom is 0.240 e. The fraction of sp³-hybridized carbons (Fsp3) is 0.333. The van der Waals surface area contributed by atoms with Crippen LogP contribution in [0.15, 0.2) is 97.1 Å². The third-order valence-electron chi connectivity index (χ3n) is 15.1. The first-order chi connectivity index (χ1) is 27.0. The molecule has 0 fully saturated rings. The highest BCUT2D eigenvalue weighted by molar-refractivity contribution is 7.21. The number of benzene rings is 5. The Labute approximate surface area is 336 Å². The summed E-state index contributed by atoms with van der Waals surface area (Å²) in [6.07, 6.45) is 9.89. The fourth-order valence-electron chi connectivity index (χ4n) is 12.0. The Morgan fingerprint density at radius 2 is 1.07 bits per heavy atom. The fourth-order valence-corrected chi connectivity index (χ4v) is 19.1. The molecule has 0 spiro atoms. The lowest BCUT2D eigenvalue weighted by Crippen LogP contribution is -2.87. The summed E-state index contributed by atoms with van der Waals surface area (Å²) in [5.74, 6) is 0. The molecule has 0 saturated heterocycles. The van der Waals surface area contributed by atoms with E-state index in [0.717, 1.165) is 0 Å². The van der Waals surface area contributed by atoms with E-state index in [1.54, 1.807) is 59.7 Å². The van der Waals surface area contributed by atoms with Gasteiger partial charge in [-0.25, -0.2) is 0 Å². The van der Waals surface area contributed by atoms with Crippen molar-refractivity contribution in [3.8, 4) is 11.4 Å². The van der Waals surface area contributed by atoms with E-state index in [4.69, 9.17) is 0 Å². The van der Waals surface area contributed by atoms with Gasteiger partial charge in [-0.15, -0.1) is 0 Å². The minimum Gasteiger partial charge on any atom is -0.313 e. The summed E-state index contributed by atoms with van der Waals surface area (Å²) in [6.45, 7) is 18.1. The third-order valence-corrected chi connectivity index (χ3v) is 23.3. The zero-order chi connectivity index (χ0) is 38.3. The van der Waals surface area contributed by atoms with Crippen LogP contribution in [-0.4, -0.2) is 32.0 Å². The van der Waals surface area contributed by atoms with Crippen molar-refractivity contribution in [1.29, 1.82) is 0 Å². The van der Waals surface area contributed by atoms with Gasteiger partial charge in [0.05, 0.1) is 11.0 Å². The lowest BCUT2D eigenvalue weighted by Gasteiger charge is -2.47. The number of aryl methyl sites for hydroxylation is 2. The van der Waals surface area contributed by atoms with Crippen LogP contribution >= 0.6 is 0 Å². The molecule has 11 rings (SSSR count). The summed E-state index contributed by atoms with van der Waals surface area (Å²) < 4.78 is 5.33. The molecular formula is C51H55BN2Si2. The van der Waals surface area contributed by atoms with Gasteiger partial charge in [0.2, 0.25) is 6.71 Å². The standard InChI is InChI=1S/C51H55BN2Si2/c1-8-56(7)47-32-35(54-44-23-15-11-19-38(44)39-20-12-16-24-45(39)54)26-28-41(47)52-40-27-25-34(53-42-21-13-9-17-36(42)37-18-10-14-22-43(37)53)31-46(40)55(5,6)48-29-33(51(2,3)4)30-49(56)50(48)52/h9,11,13,15,17,19,21,23,25-32H,8,10,12,14,16,18,20,22,24H2,1-7H3. The van der Waals surface area contributed by atoms with Crippen molar-refractivity contribution in [2.24, 2.45) is 0 Å². The second kappa shape index (κ2) is 12.1. The molecular weight excluding hydrogens is 708 g/mol. The third kappa shape index (κ3) is 4.68. The molecule has 0 bridgehead atoms. The van der Waals surface area contributed by atoms with Crippen molar-refractivity contribution in [3.05, 3.63) is 125 Å². The molecule has 5 aromatic carbocycles. The van der Waals surface area contributed by atoms with E-state index in [0.29, 0.717) is 0 Å². The molecule has 5 heteroatoms. The predicted octanol–water partition coefficient (Wildman–Crippen LogP) is 7.81. The minimum absolute atomic E-state index is 0.0745. The van der Waals surface area contributed by atoms with Crippen LogP contribution < -0.4 is 37.1 Å². The molecule has 0 amide bonds. The topological polar surface area (TPSA) is 9.86 Å². The Balaban J connectivity index is 1.18. The summed E-state index contributed by atoms with van der Waals surface area (Å²) in [6, 6.07) is 40.6. The molecule has 0 N–H and O–H groups in total. The Morgan fingerprint density at radius 3 is 1.62 bits per heavy atom. The van der Waals surface area contributed by atoms with E-state index in [2.05, 4.69) is 154 Å². The Morgan fingerprint density at radius 1 is 0.571 bits per heavy atom. The van der Waals surface area contributed by atoms with E-state index in [9.17, 15) is 0 Å². The maximum atomic E-state index is 2.71. The molecule has 56 heavy (non-hydrogen) atoms. The van der Waals surface area contributed by atoms with Crippen LogP contribution in [0.2, 0.25) is 25.7 Å². The van der Waals surface area contributed by atoms with Gasteiger partial charge in [-0.05, 0) is 110 Å². The number of rotatable bonds is 3. The van der Waals surface area contributed by atoms with Crippen LogP contribution in [0.5, 0.6) is 0 Å². The summed E-state index contributed by atoms with van der Waals surface area (Å²) in [5, 5.41) is 9.63. The molecule has 2 aromatic heterocycles. The number of hydrogen-bond donors (Lipinski definition) is 0. The molecule has 1 unspecified atom stereocenters. The minimum atomic E-state index is -2.15. The quantitative estimate of drug-likeness (QED) is 0.163. The molecule has 0 radical (unpaired) electrons. The number of para-hydroxylation sites is 2. The average molecular weight is 763 g/mol. The first-order valence-electron chi connectivity index (χ1n) is 21.7. The molecule has 4 heterocycles. The van der Waals surface area contributed by atoms with Gasteiger partial charge in [-0.2, -0.15) is 0 Å². The zero-order valence-electron chi connectivity index (χ0n) is 34.6. The summed E-state index contributed by atoms with van der Waals surface area (Å²) in [4.78, 5) is 0. The van der Waals surface area contributed by atoms with Crippen LogP contribution in [-0.2, 0) is 31.1 Å². The van der Waals surface area contributed by atoms with Crippen LogP contribution in [0.4, 0.5) is 0 Å². The van der Waals surface area contributed by atoms with Crippen LogP contribution in [0.3, 0.4) is 0 Å². The van der Waals surface area contributed by atoms with Crippen molar-refractivity contribution in [3.63, 3.8) is 0 Å². The number of hydrogen-bond acceptors (Lipinski definition) is 0. The molecule has 1 atom stereocenters. The number of aromatic nitrogens is 2. The molecule has 2 aliphatic heterocycles.